The van der Waals surface area contributed by atoms with Crippen molar-refractivity contribution in [2.75, 3.05) is 33.2 Å². The van der Waals surface area contributed by atoms with Crippen LogP contribution < -0.4 is 0 Å². The van der Waals surface area contributed by atoms with E-state index >= 15 is 0 Å². The second-order valence-electron chi connectivity index (χ2n) is 6.94. The Balaban J connectivity index is 2.09. The van der Waals surface area contributed by atoms with E-state index in [9.17, 15) is 0 Å². The van der Waals surface area contributed by atoms with Crippen molar-refractivity contribution in [2.24, 2.45) is 5.92 Å². The summed E-state index contributed by atoms with van der Waals surface area (Å²) in [5.74, 6) is 1.74. The van der Waals surface area contributed by atoms with Gasteiger partial charge < -0.3 is 4.90 Å². The van der Waals surface area contributed by atoms with Crippen LogP contribution in [0.4, 0.5) is 0 Å². The summed E-state index contributed by atoms with van der Waals surface area (Å²) < 4.78 is 2.04. The number of piperazine rings is 1. The van der Waals surface area contributed by atoms with Gasteiger partial charge in [-0.1, -0.05) is 33.6 Å². The molecule has 0 spiro atoms. The quantitative estimate of drug-likeness (QED) is 0.737. The summed E-state index contributed by atoms with van der Waals surface area (Å²) in [5.41, 5.74) is 0. The van der Waals surface area contributed by atoms with Crippen LogP contribution in [0.2, 0.25) is 0 Å². The molecule has 22 heavy (non-hydrogen) atoms. The van der Waals surface area contributed by atoms with E-state index in [0.717, 1.165) is 51.4 Å². The summed E-state index contributed by atoms with van der Waals surface area (Å²) in [6, 6.07) is 0.371. The second-order valence-corrected chi connectivity index (χ2v) is 6.94. The molecule has 2 heterocycles. The molecular formula is C16H32N6. The van der Waals surface area contributed by atoms with Crippen LogP contribution in [0.15, 0.2) is 0 Å². The lowest BCUT2D eigenvalue weighted by Crippen LogP contribution is -2.46. The standard InChI is InChI=1S/C16H32N6/c1-5-6-7-15(21-12-10-20(4)11-13-21)16-17-18-19-22(16)9-8-14(2)3/h14-15H,5-13H2,1-4H3. The fourth-order valence-corrected chi connectivity index (χ4v) is 3.00. The fourth-order valence-electron chi connectivity index (χ4n) is 3.00. The van der Waals surface area contributed by atoms with Crippen molar-refractivity contribution in [3.05, 3.63) is 5.82 Å². The van der Waals surface area contributed by atoms with E-state index in [1.54, 1.807) is 0 Å². The molecular weight excluding hydrogens is 276 g/mol. The Bertz CT molecular complexity index is 422. The van der Waals surface area contributed by atoms with E-state index in [4.69, 9.17) is 0 Å². The molecule has 1 unspecified atom stereocenters. The van der Waals surface area contributed by atoms with Crippen LogP contribution in [0.5, 0.6) is 0 Å². The lowest BCUT2D eigenvalue weighted by atomic mass is 10.1. The van der Waals surface area contributed by atoms with E-state index in [0.29, 0.717) is 12.0 Å². The molecule has 0 amide bonds. The average molecular weight is 308 g/mol. The van der Waals surface area contributed by atoms with Gasteiger partial charge in [0.15, 0.2) is 5.82 Å². The van der Waals surface area contributed by atoms with Gasteiger partial charge in [0.1, 0.15) is 0 Å². The minimum atomic E-state index is 0.371. The largest absolute Gasteiger partial charge is 0.304 e. The Morgan fingerprint density at radius 3 is 2.45 bits per heavy atom. The van der Waals surface area contributed by atoms with E-state index in [1.165, 1.54) is 12.8 Å². The molecule has 1 aliphatic heterocycles. The van der Waals surface area contributed by atoms with Gasteiger partial charge in [0.25, 0.3) is 0 Å². The van der Waals surface area contributed by atoms with Crippen molar-refractivity contribution in [2.45, 2.75) is 59.0 Å². The van der Waals surface area contributed by atoms with Gasteiger partial charge in [0.05, 0.1) is 6.04 Å². The lowest BCUT2D eigenvalue weighted by Gasteiger charge is -2.37. The summed E-state index contributed by atoms with van der Waals surface area (Å²) >= 11 is 0. The number of likely N-dealkylation sites (N-methyl/N-ethyl adjacent to an activating group) is 1. The first-order chi connectivity index (χ1) is 10.6. The summed E-state index contributed by atoms with van der Waals surface area (Å²) in [5, 5.41) is 12.6. The molecule has 0 radical (unpaired) electrons. The van der Waals surface area contributed by atoms with E-state index in [-0.39, 0.29) is 0 Å². The predicted octanol–water partition coefficient (Wildman–Crippen LogP) is 2.20. The monoisotopic (exact) mass is 308 g/mol. The Hall–Kier alpha value is -1.01. The van der Waals surface area contributed by atoms with Gasteiger partial charge in [-0.25, -0.2) is 4.68 Å². The molecule has 0 bridgehead atoms. The third kappa shape index (κ3) is 4.74. The van der Waals surface area contributed by atoms with Gasteiger partial charge >= 0.3 is 0 Å². The Morgan fingerprint density at radius 1 is 1.09 bits per heavy atom. The highest BCUT2D eigenvalue weighted by Crippen LogP contribution is 2.25. The molecule has 1 fully saturated rings. The maximum atomic E-state index is 4.39. The van der Waals surface area contributed by atoms with Crippen LogP contribution in [0.1, 0.15) is 58.3 Å². The molecule has 6 nitrogen and oxygen atoms in total. The molecule has 0 saturated carbocycles. The molecule has 0 N–H and O–H groups in total. The second kappa shape index (κ2) is 8.58. The zero-order valence-corrected chi connectivity index (χ0v) is 14.7. The molecule has 1 saturated heterocycles. The Labute approximate surface area is 134 Å². The van der Waals surface area contributed by atoms with Crippen LogP contribution >= 0.6 is 0 Å². The minimum Gasteiger partial charge on any atom is -0.304 e. The van der Waals surface area contributed by atoms with Gasteiger partial charge in [-0.2, -0.15) is 0 Å². The number of hydrogen-bond acceptors (Lipinski definition) is 5. The first kappa shape index (κ1) is 17.3. The number of aromatic nitrogens is 4. The van der Waals surface area contributed by atoms with Gasteiger partial charge in [0.2, 0.25) is 0 Å². The van der Waals surface area contributed by atoms with Gasteiger partial charge in [-0.05, 0) is 36.2 Å². The van der Waals surface area contributed by atoms with E-state index in [2.05, 4.69) is 53.1 Å². The van der Waals surface area contributed by atoms with Crippen molar-refractivity contribution < 1.29 is 0 Å². The van der Waals surface area contributed by atoms with Crippen molar-refractivity contribution in [1.82, 2.24) is 30.0 Å². The number of hydrogen-bond donors (Lipinski definition) is 0. The SMILES string of the molecule is CCCCC(c1nnnn1CCC(C)C)N1CCN(C)CC1. The number of aryl methyl sites for hydroxylation is 1. The molecule has 6 heteroatoms. The zero-order chi connectivity index (χ0) is 15.9. The molecule has 1 aromatic heterocycles. The number of nitrogens with zero attached hydrogens (tertiary/aromatic N) is 6. The maximum absolute atomic E-state index is 4.39. The minimum absolute atomic E-state index is 0.371. The molecule has 2 rings (SSSR count). The molecule has 1 atom stereocenters. The summed E-state index contributed by atoms with van der Waals surface area (Å²) in [4.78, 5) is 4.97. The van der Waals surface area contributed by atoms with Crippen LogP contribution in [-0.4, -0.2) is 63.2 Å². The molecule has 0 aliphatic carbocycles. The van der Waals surface area contributed by atoms with Crippen molar-refractivity contribution in [1.29, 1.82) is 0 Å². The zero-order valence-electron chi connectivity index (χ0n) is 14.7. The topological polar surface area (TPSA) is 50.1 Å². The average Bonchev–Trinajstić information content (AvgIpc) is 2.95. The Kier molecular flexibility index (Phi) is 6.76. The van der Waals surface area contributed by atoms with Crippen LogP contribution in [0.3, 0.4) is 0 Å². The molecule has 1 aromatic rings. The first-order valence-corrected chi connectivity index (χ1v) is 8.80. The summed E-state index contributed by atoms with van der Waals surface area (Å²) in [6.45, 7) is 12.2. The number of tetrazole rings is 1. The van der Waals surface area contributed by atoms with Crippen molar-refractivity contribution in [3.63, 3.8) is 0 Å². The van der Waals surface area contributed by atoms with E-state index in [1.807, 2.05) is 4.68 Å². The third-order valence-corrected chi connectivity index (χ3v) is 4.59. The highest BCUT2D eigenvalue weighted by molar-refractivity contribution is 4.95. The van der Waals surface area contributed by atoms with Crippen LogP contribution in [0, 0.1) is 5.92 Å². The lowest BCUT2D eigenvalue weighted by molar-refractivity contribution is 0.0983. The summed E-state index contributed by atoms with van der Waals surface area (Å²) in [6.07, 6.45) is 4.73. The van der Waals surface area contributed by atoms with Gasteiger partial charge in [-0.3, -0.25) is 4.90 Å². The van der Waals surface area contributed by atoms with E-state index < -0.39 is 0 Å². The third-order valence-electron chi connectivity index (χ3n) is 4.59. The smallest absolute Gasteiger partial charge is 0.168 e. The number of unbranched alkanes of at least 4 members (excludes halogenated alkanes) is 1. The highest BCUT2D eigenvalue weighted by Gasteiger charge is 2.27. The van der Waals surface area contributed by atoms with Gasteiger partial charge in [-0.15, -0.1) is 5.10 Å². The number of rotatable bonds is 8. The normalized spacial score (nSPS) is 19.0. The van der Waals surface area contributed by atoms with Crippen molar-refractivity contribution in [3.8, 4) is 0 Å². The molecule has 0 aromatic carbocycles. The molecule has 126 valence electrons. The highest BCUT2D eigenvalue weighted by atomic mass is 15.5. The predicted molar refractivity (Wildman–Crippen MR) is 88.6 cm³/mol. The summed E-state index contributed by atoms with van der Waals surface area (Å²) in [7, 11) is 2.20. The van der Waals surface area contributed by atoms with Crippen LogP contribution in [0.25, 0.3) is 0 Å². The van der Waals surface area contributed by atoms with Crippen LogP contribution in [-0.2, 0) is 6.54 Å². The Morgan fingerprint density at radius 2 is 1.82 bits per heavy atom. The van der Waals surface area contributed by atoms with Crippen molar-refractivity contribution >= 4 is 0 Å². The van der Waals surface area contributed by atoms with Gasteiger partial charge in [0, 0.05) is 32.7 Å². The maximum Gasteiger partial charge on any atom is 0.168 e. The fraction of sp³-hybridized carbons (Fsp3) is 0.938. The first-order valence-electron chi connectivity index (χ1n) is 8.80. The molecule has 1 aliphatic rings.